The molecule has 0 radical (unpaired) electrons. The molecule has 1 aromatic heterocycles. The molecule has 0 saturated heterocycles. The number of amides is 2. The minimum Gasteiger partial charge on any atom is -0.406 e. The molecule has 0 bridgehead atoms. The lowest BCUT2D eigenvalue weighted by molar-refractivity contribution is -0.274. The van der Waals surface area contributed by atoms with Gasteiger partial charge in [-0.15, -0.1) is 24.5 Å². The number of alkyl halides is 3. The molecular formula is C20H10F3NO5S. The predicted molar refractivity (Wildman–Crippen MR) is 98.8 cm³/mol. The minimum atomic E-state index is -4.82. The maximum atomic E-state index is 12.4. The lowest BCUT2D eigenvalue weighted by Crippen LogP contribution is -2.32. The van der Waals surface area contributed by atoms with E-state index < -0.39 is 29.9 Å². The SMILES string of the molecule is O=C(ON1C(=O)c2ccccc2C1=O)c1ccc(-c2cccc(OC(F)(F)F)c2)s1. The first-order valence-corrected chi connectivity index (χ1v) is 9.21. The van der Waals surface area contributed by atoms with Crippen LogP contribution in [0.2, 0.25) is 0 Å². The van der Waals surface area contributed by atoms with Crippen molar-refractivity contribution in [3.8, 4) is 16.2 Å². The molecule has 0 aliphatic carbocycles. The van der Waals surface area contributed by atoms with E-state index in [-0.39, 0.29) is 16.0 Å². The first kappa shape index (κ1) is 19.6. The highest BCUT2D eigenvalue weighted by Crippen LogP contribution is 2.33. The van der Waals surface area contributed by atoms with E-state index >= 15 is 0 Å². The molecule has 2 amide bonds. The van der Waals surface area contributed by atoms with Gasteiger partial charge in [0.15, 0.2) is 0 Å². The third kappa shape index (κ3) is 3.77. The summed E-state index contributed by atoms with van der Waals surface area (Å²) in [5, 5.41) is 0.393. The molecule has 3 aromatic rings. The number of fused-ring (bicyclic) bond motifs is 1. The van der Waals surface area contributed by atoms with Crippen LogP contribution in [0, 0.1) is 0 Å². The Morgan fingerprint density at radius 2 is 1.57 bits per heavy atom. The summed E-state index contributed by atoms with van der Waals surface area (Å²) in [5.41, 5.74) is 0.647. The van der Waals surface area contributed by atoms with Gasteiger partial charge in [-0.05, 0) is 42.0 Å². The average Bonchev–Trinajstić information content (AvgIpc) is 3.28. The molecule has 6 nitrogen and oxygen atoms in total. The number of nitrogens with zero attached hydrogens (tertiary/aromatic N) is 1. The second-order valence-electron chi connectivity index (χ2n) is 6.07. The predicted octanol–water partition coefficient (Wildman–Crippen LogP) is 4.68. The number of hydroxylamine groups is 2. The number of halogens is 3. The Kier molecular flexibility index (Phi) is 4.78. The molecule has 0 spiro atoms. The lowest BCUT2D eigenvalue weighted by Gasteiger charge is -2.11. The highest BCUT2D eigenvalue weighted by Gasteiger charge is 2.39. The van der Waals surface area contributed by atoms with Crippen molar-refractivity contribution in [3.05, 3.63) is 76.7 Å². The molecule has 10 heteroatoms. The highest BCUT2D eigenvalue weighted by atomic mass is 32.1. The van der Waals surface area contributed by atoms with Crippen molar-refractivity contribution >= 4 is 29.1 Å². The van der Waals surface area contributed by atoms with Crippen LogP contribution in [0.25, 0.3) is 10.4 Å². The van der Waals surface area contributed by atoms with Crippen molar-refractivity contribution in [3.63, 3.8) is 0 Å². The summed E-state index contributed by atoms with van der Waals surface area (Å²) in [5.74, 6) is -2.84. The van der Waals surface area contributed by atoms with Crippen LogP contribution in [0.1, 0.15) is 30.4 Å². The largest absolute Gasteiger partial charge is 0.573 e. The molecule has 152 valence electrons. The van der Waals surface area contributed by atoms with E-state index in [2.05, 4.69) is 4.74 Å². The minimum absolute atomic E-state index is 0.0590. The second kappa shape index (κ2) is 7.30. The summed E-state index contributed by atoms with van der Waals surface area (Å²) in [6, 6.07) is 14.2. The van der Waals surface area contributed by atoms with Gasteiger partial charge in [-0.1, -0.05) is 29.3 Å². The van der Waals surface area contributed by atoms with E-state index in [1.165, 1.54) is 36.4 Å². The Morgan fingerprint density at radius 1 is 0.900 bits per heavy atom. The number of hydrogen-bond acceptors (Lipinski definition) is 6. The van der Waals surface area contributed by atoms with Gasteiger partial charge in [0.05, 0.1) is 11.1 Å². The smallest absolute Gasteiger partial charge is 0.406 e. The van der Waals surface area contributed by atoms with E-state index in [0.717, 1.165) is 17.4 Å². The molecule has 0 unspecified atom stereocenters. The molecule has 2 aromatic carbocycles. The van der Waals surface area contributed by atoms with Crippen LogP contribution in [-0.4, -0.2) is 29.2 Å². The van der Waals surface area contributed by atoms with Crippen LogP contribution in [0.4, 0.5) is 13.2 Å². The van der Waals surface area contributed by atoms with E-state index in [4.69, 9.17) is 4.84 Å². The summed E-state index contributed by atoms with van der Waals surface area (Å²) in [6.45, 7) is 0. The van der Waals surface area contributed by atoms with E-state index in [9.17, 15) is 27.6 Å². The lowest BCUT2D eigenvalue weighted by atomic mass is 10.1. The molecule has 0 fully saturated rings. The molecule has 1 aliphatic heterocycles. The van der Waals surface area contributed by atoms with Crippen molar-refractivity contribution in [2.24, 2.45) is 0 Å². The first-order chi connectivity index (χ1) is 14.2. The zero-order valence-electron chi connectivity index (χ0n) is 14.8. The van der Waals surface area contributed by atoms with Gasteiger partial charge in [0.25, 0.3) is 11.8 Å². The van der Waals surface area contributed by atoms with Crippen molar-refractivity contribution in [2.45, 2.75) is 6.36 Å². The first-order valence-electron chi connectivity index (χ1n) is 8.39. The molecule has 30 heavy (non-hydrogen) atoms. The van der Waals surface area contributed by atoms with E-state index in [1.54, 1.807) is 18.2 Å². The number of thiophene rings is 1. The van der Waals surface area contributed by atoms with Crippen LogP contribution in [-0.2, 0) is 4.84 Å². The Balaban J connectivity index is 1.51. The van der Waals surface area contributed by atoms with Gasteiger partial charge in [0.2, 0.25) is 0 Å². The van der Waals surface area contributed by atoms with Crippen molar-refractivity contribution in [1.29, 1.82) is 0 Å². The Labute approximate surface area is 171 Å². The molecule has 2 heterocycles. The Bertz CT molecular complexity index is 1140. The fraction of sp³-hybridized carbons (Fsp3) is 0.0500. The number of ether oxygens (including phenoxy) is 1. The van der Waals surface area contributed by atoms with Crippen LogP contribution in [0.5, 0.6) is 5.75 Å². The topological polar surface area (TPSA) is 72.9 Å². The Hall–Kier alpha value is -3.66. The summed E-state index contributed by atoms with van der Waals surface area (Å²) in [7, 11) is 0. The maximum Gasteiger partial charge on any atom is 0.573 e. The number of benzene rings is 2. The monoisotopic (exact) mass is 433 g/mol. The third-order valence-electron chi connectivity index (χ3n) is 4.09. The standard InChI is InChI=1S/C20H10F3NO5S/c21-20(22,23)28-12-5-3-4-11(10-12)15-8-9-16(30-15)19(27)29-24-17(25)13-6-1-2-7-14(13)18(24)26/h1-10H. The van der Waals surface area contributed by atoms with Crippen molar-refractivity contribution in [1.82, 2.24) is 5.06 Å². The van der Waals surface area contributed by atoms with Crippen LogP contribution >= 0.6 is 11.3 Å². The fourth-order valence-corrected chi connectivity index (χ4v) is 3.70. The molecular weight excluding hydrogens is 423 g/mol. The van der Waals surface area contributed by atoms with Gasteiger partial charge < -0.3 is 9.57 Å². The molecule has 0 saturated carbocycles. The van der Waals surface area contributed by atoms with Crippen molar-refractivity contribution < 1.29 is 37.1 Å². The van der Waals surface area contributed by atoms with Gasteiger partial charge in [-0.25, -0.2) is 4.79 Å². The van der Waals surface area contributed by atoms with Crippen LogP contribution < -0.4 is 4.74 Å². The van der Waals surface area contributed by atoms with Gasteiger partial charge in [0, 0.05) is 4.88 Å². The van der Waals surface area contributed by atoms with Crippen molar-refractivity contribution in [2.75, 3.05) is 0 Å². The zero-order valence-corrected chi connectivity index (χ0v) is 15.6. The summed E-state index contributed by atoms with van der Waals surface area (Å²) in [6.07, 6.45) is -4.82. The summed E-state index contributed by atoms with van der Waals surface area (Å²) in [4.78, 5) is 42.5. The quantitative estimate of drug-likeness (QED) is 0.559. The molecule has 0 N–H and O–H groups in total. The number of rotatable bonds is 4. The fourth-order valence-electron chi connectivity index (χ4n) is 2.83. The van der Waals surface area contributed by atoms with E-state index in [0.29, 0.717) is 15.5 Å². The van der Waals surface area contributed by atoms with Gasteiger partial charge >= 0.3 is 12.3 Å². The zero-order chi connectivity index (χ0) is 21.5. The van der Waals surface area contributed by atoms with Gasteiger partial charge in [-0.2, -0.15) is 0 Å². The normalized spacial score (nSPS) is 13.4. The summed E-state index contributed by atoms with van der Waals surface area (Å²) < 4.78 is 41.1. The van der Waals surface area contributed by atoms with Crippen LogP contribution in [0.3, 0.4) is 0 Å². The number of imide groups is 1. The highest BCUT2D eigenvalue weighted by molar-refractivity contribution is 7.17. The van der Waals surface area contributed by atoms with Gasteiger partial charge in [0.1, 0.15) is 10.6 Å². The van der Waals surface area contributed by atoms with Crippen LogP contribution in [0.15, 0.2) is 60.7 Å². The molecule has 1 aliphatic rings. The summed E-state index contributed by atoms with van der Waals surface area (Å²) >= 11 is 0.930. The number of carbonyl (C=O) groups is 3. The second-order valence-corrected chi connectivity index (χ2v) is 7.15. The maximum absolute atomic E-state index is 12.4. The molecule has 4 rings (SSSR count). The van der Waals surface area contributed by atoms with E-state index in [1.807, 2.05) is 0 Å². The Morgan fingerprint density at radius 3 is 2.20 bits per heavy atom. The average molecular weight is 433 g/mol. The molecule has 0 atom stereocenters. The number of carbonyl (C=O) groups excluding carboxylic acids is 3. The number of hydrogen-bond donors (Lipinski definition) is 0. The third-order valence-corrected chi connectivity index (χ3v) is 5.20. The van der Waals surface area contributed by atoms with Gasteiger partial charge in [-0.3, -0.25) is 9.59 Å².